The molecule has 1 heterocycles. The van der Waals surface area contributed by atoms with Crippen LogP contribution in [0.25, 0.3) is 0 Å². The number of ether oxygens (including phenoxy) is 2. The summed E-state index contributed by atoms with van der Waals surface area (Å²) in [5.74, 6) is 0.0548. The van der Waals surface area contributed by atoms with E-state index in [2.05, 4.69) is 15.8 Å². The number of rotatable bonds is 6. The van der Waals surface area contributed by atoms with Crippen LogP contribution >= 0.6 is 0 Å². The highest BCUT2D eigenvalue weighted by Gasteiger charge is 2.15. The molecule has 2 aromatic rings. The Hall–Kier alpha value is -3.95. The number of benzene rings is 2. The number of hydrogen-bond donors (Lipinski definition) is 2. The first kappa shape index (κ1) is 19.8. The summed E-state index contributed by atoms with van der Waals surface area (Å²) >= 11 is 0. The summed E-state index contributed by atoms with van der Waals surface area (Å²) in [5, 5.41) is 17.2. The number of nitro benzene ring substituents is 1. The summed E-state index contributed by atoms with van der Waals surface area (Å²) in [4.78, 5) is 34.5. The third-order valence-electron chi connectivity index (χ3n) is 4.04. The predicted octanol–water partition coefficient (Wildman–Crippen LogP) is 1.64. The number of carbonyl (C=O) groups excluding carboxylic acids is 2. The van der Waals surface area contributed by atoms with E-state index in [0.717, 1.165) is 0 Å². The first-order valence-electron chi connectivity index (χ1n) is 8.70. The Bertz CT molecular complexity index is 988. The number of hydrogen-bond acceptors (Lipinski definition) is 7. The first-order chi connectivity index (χ1) is 13.9. The van der Waals surface area contributed by atoms with Crippen LogP contribution in [0.2, 0.25) is 0 Å². The second-order valence-electron chi connectivity index (χ2n) is 6.08. The molecule has 29 heavy (non-hydrogen) atoms. The van der Waals surface area contributed by atoms with E-state index in [9.17, 15) is 19.7 Å². The first-order valence-corrected chi connectivity index (χ1v) is 8.70. The van der Waals surface area contributed by atoms with Crippen molar-refractivity contribution < 1.29 is 24.0 Å². The van der Waals surface area contributed by atoms with Gasteiger partial charge in [-0.15, -0.1) is 0 Å². The molecule has 0 radical (unpaired) electrons. The molecule has 0 unspecified atom stereocenters. The monoisotopic (exact) mass is 398 g/mol. The van der Waals surface area contributed by atoms with E-state index in [-0.39, 0.29) is 12.2 Å². The van der Waals surface area contributed by atoms with Gasteiger partial charge in [-0.05, 0) is 25.1 Å². The number of nitro groups is 1. The van der Waals surface area contributed by atoms with E-state index in [1.54, 1.807) is 31.2 Å². The van der Waals surface area contributed by atoms with Crippen LogP contribution < -0.4 is 20.2 Å². The van der Waals surface area contributed by atoms with E-state index in [0.29, 0.717) is 41.6 Å². The summed E-state index contributed by atoms with van der Waals surface area (Å²) in [6.07, 6.45) is 0. The number of carbonyl (C=O) groups is 2. The van der Waals surface area contributed by atoms with Gasteiger partial charge >= 0.3 is 0 Å². The van der Waals surface area contributed by atoms with Crippen LogP contribution in [0.5, 0.6) is 11.5 Å². The average molecular weight is 398 g/mol. The summed E-state index contributed by atoms with van der Waals surface area (Å²) in [5.41, 5.74) is 3.45. The number of nitrogens with one attached hydrogen (secondary N) is 2. The number of hydrazone groups is 1. The van der Waals surface area contributed by atoms with Crippen LogP contribution in [0.1, 0.15) is 22.8 Å². The smallest absolute Gasteiger partial charge is 0.270 e. The molecular weight excluding hydrogens is 380 g/mol. The van der Waals surface area contributed by atoms with Crippen molar-refractivity contribution in [3.8, 4) is 11.5 Å². The van der Waals surface area contributed by atoms with Crippen LogP contribution in [0.15, 0.2) is 47.6 Å². The molecule has 10 heteroatoms. The van der Waals surface area contributed by atoms with Crippen LogP contribution in [-0.4, -0.2) is 42.2 Å². The molecule has 3 rings (SSSR count). The molecule has 1 aliphatic heterocycles. The predicted molar refractivity (Wildman–Crippen MR) is 103 cm³/mol. The standard InChI is InChI=1S/C19H18N4O6/c1-12(13-3-2-4-15(9-13)23(26)27)21-22-18(24)11-20-19(25)14-5-6-16-17(10-14)29-8-7-28-16/h2-6,9-10H,7-8,11H2,1H3,(H,20,25)(H,22,24)/b21-12-. The van der Waals surface area contributed by atoms with Gasteiger partial charge in [-0.25, -0.2) is 5.43 Å². The normalized spacial score (nSPS) is 12.8. The molecule has 2 amide bonds. The van der Waals surface area contributed by atoms with E-state index >= 15 is 0 Å². The number of nitrogens with zero attached hydrogens (tertiary/aromatic N) is 2. The van der Waals surface area contributed by atoms with E-state index < -0.39 is 16.7 Å². The van der Waals surface area contributed by atoms with Crippen molar-refractivity contribution >= 4 is 23.2 Å². The van der Waals surface area contributed by atoms with Crippen molar-refractivity contribution in [3.63, 3.8) is 0 Å². The third-order valence-corrected chi connectivity index (χ3v) is 4.04. The molecule has 150 valence electrons. The van der Waals surface area contributed by atoms with Crippen molar-refractivity contribution in [1.82, 2.24) is 10.7 Å². The minimum atomic E-state index is -0.541. The number of fused-ring (bicyclic) bond motifs is 1. The highest BCUT2D eigenvalue weighted by molar-refractivity contribution is 6.00. The highest BCUT2D eigenvalue weighted by atomic mass is 16.6. The zero-order valence-corrected chi connectivity index (χ0v) is 15.5. The Morgan fingerprint density at radius 3 is 2.62 bits per heavy atom. The van der Waals surface area contributed by atoms with Gasteiger partial charge < -0.3 is 14.8 Å². The van der Waals surface area contributed by atoms with E-state index in [1.165, 1.54) is 18.2 Å². The molecule has 0 saturated carbocycles. The number of non-ortho nitro benzene ring substituents is 1. The Morgan fingerprint density at radius 2 is 1.86 bits per heavy atom. The fourth-order valence-corrected chi connectivity index (χ4v) is 2.54. The molecule has 0 fully saturated rings. The van der Waals surface area contributed by atoms with Crippen molar-refractivity contribution in [1.29, 1.82) is 0 Å². The summed E-state index contributed by atoms with van der Waals surface area (Å²) in [6, 6.07) is 10.6. The second kappa shape index (κ2) is 8.83. The zero-order chi connectivity index (χ0) is 20.8. The zero-order valence-electron chi connectivity index (χ0n) is 15.5. The van der Waals surface area contributed by atoms with E-state index in [4.69, 9.17) is 9.47 Å². The Kier molecular flexibility index (Phi) is 6.03. The van der Waals surface area contributed by atoms with Gasteiger partial charge in [0.2, 0.25) is 0 Å². The maximum atomic E-state index is 12.2. The molecule has 0 atom stereocenters. The Balaban J connectivity index is 1.54. The second-order valence-corrected chi connectivity index (χ2v) is 6.08. The lowest BCUT2D eigenvalue weighted by atomic mass is 10.1. The molecule has 0 aromatic heterocycles. The van der Waals surface area contributed by atoms with E-state index in [1.807, 2.05) is 0 Å². The Labute approximate surface area is 165 Å². The minimum Gasteiger partial charge on any atom is -0.486 e. The lowest BCUT2D eigenvalue weighted by molar-refractivity contribution is -0.384. The van der Waals surface area contributed by atoms with Crippen LogP contribution in [-0.2, 0) is 4.79 Å². The lowest BCUT2D eigenvalue weighted by Gasteiger charge is -2.18. The maximum Gasteiger partial charge on any atom is 0.270 e. The maximum absolute atomic E-state index is 12.2. The SMILES string of the molecule is C/C(=N/NC(=O)CNC(=O)c1ccc2c(c1)OCCO2)c1cccc([N+](=O)[O-])c1. The summed E-state index contributed by atoms with van der Waals surface area (Å²) < 4.78 is 10.8. The Morgan fingerprint density at radius 1 is 1.10 bits per heavy atom. The number of amides is 2. The molecule has 2 N–H and O–H groups in total. The van der Waals surface area contributed by atoms with Gasteiger partial charge in [0.05, 0.1) is 17.2 Å². The van der Waals surface area contributed by atoms with Gasteiger partial charge in [0.15, 0.2) is 11.5 Å². The van der Waals surface area contributed by atoms with Gasteiger partial charge in [0, 0.05) is 23.3 Å². The van der Waals surface area contributed by atoms with Gasteiger partial charge in [-0.1, -0.05) is 12.1 Å². The fraction of sp³-hybridized carbons (Fsp3) is 0.211. The van der Waals surface area contributed by atoms with Gasteiger partial charge in [-0.3, -0.25) is 19.7 Å². The van der Waals surface area contributed by atoms with Crippen molar-refractivity contribution in [2.75, 3.05) is 19.8 Å². The molecular formula is C19H18N4O6. The third kappa shape index (κ3) is 5.06. The fourth-order valence-electron chi connectivity index (χ4n) is 2.54. The molecule has 10 nitrogen and oxygen atoms in total. The van der Waals surface area contributed by atoms with Gasteiger partial charge in [0.1, 0.15) is 13.2 Å². The van der Waals surface area contributed by atoms with Crippen LogP contribution in [0, 0.1) is 10.1 Å². The van der Waals surface area contributed by atoms with Gasteiger partial charge in [0.25, 0.3) is 17.5 Å². The van der Waals surface area contributed by atoms with Crippen LogP contribution in [0.4, 0.5) is 5.69 Å². The largest absolute Gasteiger partial charge is 0.486 e. The average Bonchev–Trinajstić information content (AvgIpc) is 2.75. The highest BCUT2D eigenvalue weighted by Crippen LogP contribution is 2.30. The summed E-state index contributed by atoms with van der Waals surface area (Å²) in [6.45, 7) is 2.17. The van der Waals surface area contributed by atoms with Crippen molar-refractivity contribution in [2.24, 2.45) is 5.10 Å². The van der Waals surface area contributed by atoms with Crippen molar-refractivity contribution in [3.05, 3.63) is 63.7 Å². The van der Waals surface area contributed by atoms with Gasteiger partial charge in [-0.2, -0.15) is 5.10 Å². The molecule has 0 bridgehead atoms. The molecule has 0 saturated heterocycles. The molecule has 0 spiro atoms. The van der Waals surface area contributed by atoms with Crippen LogP contribution in [0.3, 0.4) is 0 Å². The molecule has 0 aliphatic carbocycles. The molecule has 2 aromatic carbocycles. The topological polar surface area (TPSA) is 132 Å². The summed E-state index contributed by atoms with van der Waals surface area (Å²) in [7, 11) is 0. The lowest BCUT2D eigenvalue weighted by Crippen LogP contribution is -2.35. The quantitative estimate of drug-likeness (QED) is 0.432. The molecule has 1 aliphatic rings. The van der Waals surface area contributed by atoms with Crippen molar-refractivity contribution in [2.45, 2.75) is 6.92 Å². The minimum absolute atomic E-state index is 0.0740.